The summed E-state index contributed by atoms with van der Waals surface area (Å²) < 4.78 is 6.31. The van der Waals surface area contributed by atoms with Crippen molar-refractivity contribution in [3.8, 4) is 5.75 Å². The SMILES string of the molecule is Cc1cc(C)c2[nH]ccc2c1OC1CCN(C)CC1. The van der Waals surface area contributed by atoms with Gasteiger partial charge in [-0.1, -0.05) is 6.07 Å². The van der Waals surface area contributed by atoms with Crippen LogP contribution in [0.5, 0.6) is 5.75 Å². The van der Waals surface area contributed by atoms with Crippen molar-refractivity contribution in [3.63, 3.8) is 0 Å². The van der Waals surface area contributed by atoms with Gasteiger partial charge >= 0.3 is 0 Å². The first-order valence-electron chi connectivity index (χ1n) is 7.07. The third-order valence-corrected chi connectivity index (χ3v) is 4.13. The number of hydrogen-bond acceptors (Lipinski definition) is 2. The Morgan fingerprint density at radius 1 is 1.21 bits per heavy atom. The van der Waals surface area contributed by atoms with E-state index in [0.29, 0.717) is 6.10 Å². The van der Waals surface area contributed by atoms with Gasteiger partial charge in [0.25, 0.3) is 0 Å². The van der Waals surface area contributed by atoms with Crippen molar-refractivity contribution in [2.45, 2.75) is 32.8 Å². The number of H-pyrrole nitrogens is 1. The highest BCUT2D eigenvalue weighted by atomic mass is 16.5. The van der Waals surface area contributed by atoms with Gasteiger partial charge in [-0.2, -0.15) is 0 Å². The van der Waals surface area contributed by atoms with Gasteiger partial charge in [0.1, 0.15) is 11.9 Å². The Labute approximate surface area is 114 Å². The number of benzene rings is 1. The first-order valence-corrected chi connectivity index (χ1v) is 7.07. The monoisotopic (exact) mass is 258 g/mol. The molecule has 0 aliphatic carbocycles. The summed E-state index contributed by atoms with van der Waals surface area (Å²) in [7, 11) is 2.18. The summed E-state index contributed by atoms with van der Waals surface area (Å²) in [6.45, 7) is 6.55. The second-order valence-electron chi connectivity index (χ2n) is 5.73. The number of hydrogen-bond donors (Lipinski definition) is 1. The lowest BCUT2D eigenvalue weighted by Crippen LogP contribution is -2.35. The molecule has 0 saturated carbocycles. The summed E-state index contributed by atoms with van der Waals surface area (Å²) in [5.41, 5.74) is 3.73. The maximum Gasteiger partial charge on any atom is 0.132 e. The molecular formula is C16H22N2O. The number of nitrogens with zero attached hydrogens (tertiary/aromatic N) is 1. The Hall–Kier alpha value is -1.48. The van der Waals surface area contributed by atoms with Gasteiger partial charge in [0.2, 0.25) is 0 Å². The molecule has 2 heterocycles. The van der Waals surface area contributed by atoms with E-state index in [1.54, 1.807) is 0 Å². The van der Waals surface area contributed by atoms with Crippen LogP contribution >= 0.6 is 0 Å². The van der Waals surface area contributed by atoms with Crippen LogP contribution in [0, 0.1) is 13.8 Å². The predicted molar refractivity (Wildman–Crippen MR) is 78.9 cm³/mol. The van der Waals surface area contributed by atoms with Gasteiger partial charge in [0, 0.05) is 24.7 Å². The van der Waals surface area contributed by atoms with E-state index in [1.165, 1.54) is 22.0 Å². The molecule has 0 atom stereocenters. The standard InChI is InChI=1S/C16H22N2O/c1-11-10-12(2)16(14-4-7-17-15(11)14)19-13-5-8-18(3)9-6-13/h4,7,10,13,17H,5-6,8-9H2,1-3H3. The van der Waals surface area contributed by atoms with Crippen LogP contribution in [-0.2, 0) is 0 Å². The van der Waals surface area contributed by atoms with Crippen LogP contribution in [-0.4, -0.2) is 36.1 Å². The fourth-order valence-electron chi connectivity index (χ4n) is 2.99. The molecule has 1 aliphatic heterocycles. The minimum Gasteiger partial charge on any atom is -0.489 e. The number of nitrogens with one attached hydrogen (secondary N) is 1. The number of fused-ring (bicyclic) bond motifs is 1. The maximum absolute atomic E-state index is 6.31. The van der Waals surface area contributed by atoms with Crippen molar-refractivity contribution in [2.75, 3.05) is 20.1 Å². The van der Waals surface area contributed by atoms with E-state index in [1.807, 2.05) is 6.20 Å². The molecule has 0 unspecified atom stereocenters. The van der Waals surface area contributed by atoms with Gasteiger partial charge in [0.05, 0.1) is 5.52 Å². The average molecular weight is 258 g/mol. The third kappa shape index (κ3) is 2.35. The highest BCUT2D eigenvalue weighted by molar-refractivity contribution is 5.89. The molecule has 3 rings (SSSR count). The van der Waals surface area contributed by atoms with E-state index >= 15 is 0 Å². The Morgan fingerprint density at radius 3 is 2.68 bits per heavy atom. The fourth-order valence-corrected chi connectivity index (χ4v) is 2.99. The molecule has 19 heavy (non-hydrogen) atoms. The first kappa shape index (κ1) is 12.5. The van der Waals surface area contributed by atoms with E-state index in [4.69, 9.17) is 4.74 Å². The molecule has 0 radical (unpaired) electrons. The quantitative estimate of drug-likeness (QED) is 0.895. The van der Waals surface area contributed by atoms with E-state index in [0.717, 1.165) is 31.7 Å². The fraction of sp³-hybridized carbons (Fsp3) is 0.500. The summed E-state index contributed by atoms with van der Waals surface area (Å²) in [5.74, 6) is 1.07. The van der Waals surface area contributed by atoms with E-state index in [-0.39, 0.29) is 0 Å². The average Bonchev–Trinajstić information content (AvgIpc) is 2.86. The number of likely N-dealkylation sites (tertiary alicyclic amines) is 1. The Kier molecular flexibility index (Phi) is 3.23. The highest BCUT2D eigenvalue weighted by Crippen LogP contribution is 2.33. The van der Waals surface area contributed by atoms with Gasteiger partial charge in [0.15, 0.2) is 0 Å². The lowest BCUT2D eigenvalue weighted by Gasteiger charge is -2.30. The number of aromatic amines is 1. The van der Waals surface area contributed by atoms with E-state index in [2.05, 4.69) is 42.9 Å². The van der Waals surface area contributed by atoms with Crippen molar-refractivity contribution in [3.05, 3.63) is 29.5 Å². The Morgan fingerprint density at radius 2 is 1.95 bits per heavy atom. The minimum absolute atomic E-state index is 0.357. The lowest BCUT2D eigenvalue weighted by molar-refractivity contribution is 0.115. The van der Waals surface area contributed by atoms with Crippen LogP contribution in [0.2, 0.25) is 0 Å². The summed E-state index contributed by atoms with van der Waals surface area (Å²) in [4.78, 5) is 5.68. The van der Waals surface area contributed by atoms with Crippen molar-refractivity contribution < 1.29 is 4.74 Å². The maximum atomic E-state index is 6.31. The van der Waals surface area contributed by atoms with Crippen LogP contribution < -0.4 is 4.74 Å². The molecule has 2 aromatic rings. The van der Waals surface area contributed by atoms with Gasteiger partial charge < -0.3 is 14.6 Å². The molecule has 102 valence electrons. The second-order valence-corrected chi connectivity index (χ2v) is 5.73. The number of ether oxygens (including phenoxy) is 1. The van der Waals surface area contributed by atoms with Crippen molar-refractivity contribution in [1.29, 1.82) is 0 Å². The number of aryl methyl sites for hydroxylation is 2. The predicted octanol–water partition coefficient (Wildman–Crippen LogP) is 3.26. The van der Waals surface area contributed by atoms with E-state index in [9.17, 15) is 0 Å². The molecular weight excluding hydrogens is 236 g/mol. The highest BCUT2D eigenvalue weighted by Gasteiger charge is 2.20. The van der Waals surface area contributed by atoms with E-state index < -0.39 is 0 Å². The number of aromatic nitrogens is 1. The zero-order chi connectivity index (χ0) is 13.4. The van der Waals surface area contributed by atoms with Crippen LogP contribution in [0.1, 0.15) is 24.0 Å². The smallest absolute Gasteiger partial charge is 0.132 e. The normalized spacial score (nSPS) is 18.1. The van der Waals surface area contributed by atoms with Gasteiger partial charge in [-0.05, 0) is 50.9 Å². The molecule has 1 aromatic carbocycles. The summed E-state index contributed by atoms with van der Waals surface area (Å²) in [5, 5.41) is 1.22. The molecule has 3 heteroatoms. The van der Waals surface area contributed by atoms with Gasteiger partial charge in [-0.15, -0.1) is 0 Å². The Balaban J connectivity index is 1.90. The molecule has 1 fully saturated rings. The Bertz CT molecular complexity index is 580. The van der Waals surface area contributed by atoms with Gasteiger partial charge in [-0.3, -0.25) is 0 Å². The lowest BCUT2D eigenvalue weighted by atomic mass is 10.1. The molecule has 0 bridgehead atoms. The third-order valence-electron chi connectivity index (χ3n) is 4.13. The van der Waals surface area contributed by atoms with Crippen molar-refractivity contribution in [2.24, 2.45) is 0 Å². The van der Waals surface area contributed by atoms with Crippen LogP contribution in [0.15, 0.2) is 18.3 Å². The zero-order valence-electron chi connectivity index (χ0n) is 12.0. The largest absolute Gasteiger partial charge is 0.489 e. The molecule has 1 N–H and O–H groups in total. The van der Waals surface area contributed by atoms with Crippen molar-refractivity contribution in [1.82, 2.24) is 9.88 Å². The minimum atomic E-state index is 0.357. The molecule has 1 saturated heterocycles. The zero-order valence-corrected chi connectivity index (χ0v) is 12.0. The van der Waals surface area contributed by atoms with Crippen LogP contribution in [0.3, 0.4) is 0 Å². The summed E-state index contributed by atoms with van der Waals surface area (Å²) >= 11 is 0. The molecule has 1 aromatic heterocycles. The molecule has 0 spiro atoms. The number of rotatable bonds is 2. The van der Waals surface area contributed by atoms with Gasteiger partial charge in [-0.25, -0.2) is 0 Å². The topological polar surface area (TPSA) is 28.3 Å². The summed E-state index contributed by atoms with van der Waals surface area (Å²) in [6, 6.07) is 4.34. The van der Waals surface area contributed by atoms with Crippen LogP contribution in [0.4, 0.5) is 0 Å². The molecule has 0 amide bonds. The molecule has 1 aliphatic rings. The first-order chi connectivity index (χ1) is 9.15. The molecule has 3 nitrogen and oxygen atoms in total. The summed E-state index contributed by atoms with van der Waals surface area (Å²) in [6.07, 6.45) is 4.60. The number of piperidine rings is 1. The van der Waals surface area contributed by atoms with Crippen LogP contribution in [0.25, 0.3) is 10.9 Å². The van der Waals surface area contributed by atoms with Crippen molar-refractivity contribution >= 4 is 10.9 Å². The second kappa shape index (κ2) is 4.89.